The second-order valence-corrected chi connectivity index (χ2v) is 2.76. The van der Waals surface area contributed by atoms with Gasteiger partial charge in [0, 0.05) is 6.07 Å². The molecule has 0 spiro atoms. The van der Waals surface area contributed by atoms with Crippen LogP contribution < -0.4 is 0 Å². The molecule has 1 rings (SSSR count). The maximum Gasteiger partial charge on any atom is 0.131 e. The number of hydrogen-bond donors (Lipinski definition) is 1. The molecule has 1 aromatic rings. The third-order valence-corrected chi connectivity index (χ3v) is 1.82. The molecule has 0 saturated heterocycles. The Morgan fingerprint density at radius 1 is 1.44 bits per heavy atom. The Morgan fingerprint density at radius 3 is 2.56 bits per heavy atom. The van der Waals surface area contributed by atoms with Gasteiger partial charge in [-0.15, -0.1) is 0 Å². The number of phenols is 1. The molecule has 0 aromatic heterocycles. The highest BCUT2D eigenvalue weighted by atomic mass is 127. The van der Waals surface area contributed by atoms with Gasteiger partial charge in [0.25, 0.3) is 0 Å². The fourth-order valence-corrected chi connectivity index (χ4v) is 0.821. The normalized spacial score (nSPS) is 9.56. The predicted octanol–water partition coefficient (Wildman–Crippen LogP) is 2.14. The van der Waals surface area contributed by atoms with Crippen LogP contribution in [0.2, 0.25) is 0 Å². The summed E-state index contributed by atoms with van der Waals surface area (Å²) in [7, 11) is 0. The van der Waals surface area contributed by atoms with Crippen molar-refractivity contribution in [3.8, 4) is 5.75 Å². The number of hydrogen-bond acceptors (Lipinski definition) is 1. The zero-order valence-electron chi connectivity index (χ0n) is 4.44. The summed E-state index contributed by atoms with van der Waals surface area (Å²) >= 11 is 1.92. The Hall–Kier alpha value is -0.320. The molecule has 1 N–H and O–H groups in total. The summed E-state index contributed by atoms with van der Waals surface area (Å²) in [5.74, 6) is -0.413. The minimum atomic E-state index is -0.409. The van der Waals surface area contributed by atoms with Gasteiger partial charge < -0.3 is 5.11 Å². The van der Waals surface area contributed by atoms with Gasteiger partial charge in [-0.1, -0.05) is 0 Å². The van der Waals surface area contributed by atoms with Gasteiger partial charge in [0.05, 0.1) is 3.57 Å². The summed E-state index contributed by atoms with van der Waals surface area (Å²) in [5, 5.41) is 8.85. The van der Waals surface area contributed by atoms with Gasteiger partial charge in [-0.2, -0.15) is 0 Å². The molecule has 0 aliphatic rings. The van der Waals surface area contributed by atoms with Gasteiger partial charge in [0.15, 0.2) is 0 Å². The van der Waals surface area contributed by atoms with Crippen LogP contribution >= 0.6 is 22.6 Å². The molecule has 9 heavy (non-hydrogen) atoms. The molecule has 0 amide bonds. The van der Waals surface area contributed by atoms with E-state index in [-0.39, 0.29) is 5.75 Å². The Balaban J connectivity index is 3.17. The number of benzene rings is 1. The predicted molar refractivity (Wildman–Crippen MR) is 40.8 cm³/mol. The third-order valence-electron chi connectivity index (χ3n) is 0.908. The van der Waals surface area contributed by atoms with Crippen molar-refractivity contribution in [2.45, 2.75) is 0 Å². The van der Waals surface area contributed by atoms with E-state index in [0.717, 1.165) is 6.07 Å². The summed E-state index contributed by atoms with van der Waals surface area (Å²) in [5.41, 5.74) is 0. The quantitative estimate of drug-likeness (QED) is 0.686. The van der Waals surface area contributed by atoms with E-state index < -0.39 is 5.82 Å². The molecular formula is C6H4FIO. The van der Waals surface area contributed by atoms with Gasteiger partial charge in [0.2, 0.25) is 0 Å². The van der Waals surface area contributed by atoms with Gasteiger partial charge in [-0.3, -0.25) is 0 Å². The van der Waals surface area contributed by atoms with Crippen LogP contribution in [0.25, 0.3) is 0 Å². The van der Waals surface area contributed by atoms with E-state index in [1.807, 2.05) is 22.6 Å². The molecular weight excluding hydrogens is 234 g/mol. The summed E-state index contributed by atoms with van der Waals surface area (Å²) in [6.45, 7) is 0. The summed E-state index contributed by atoms with van der Waals surface area (Å²) < 4.78 is 12.8. The van der Waals surface area contributed by atoms with E-state index >= 15 is 0 Å². The summed E-state index contributed by atoms with van der Waals surface area (Å²) in [6, 6.07) is 3.91. The molecule has 0 aliphatic heterocycles. The van der Waals surface area contributed by atoms with E-state index in [1.165, 1.54) is 12.1 Å². The zero-order chi connectivity index (χ0) is 6.85. The molecule has 3 heteroatoms. The SMILES string of the molecule is Oc1cc(F)ccc1I. The number of phenolic OH excluding ortho intramolecular Hbond substituents is 1. The second-order valence-electron chi connectivity index (χ2n) is 1.60. The van der Waals surface area contributed by atoms with Crippen molar-refractivity contribution in [1.82, 2.24) is 0 Å². The van der Waals surface area contributed by atoms with Gasteiger partial charge in [0.1, 0.15) is 11.6 Å². The molecule has 0 radical (unpaired) electrons. The largest absolute Gasteiger partial charge is 0.507 e. The molecule has 1 aromatic carbocycles. The smallest absolute Gasteiger partial charge is 0.131 e. The van der Waals surface area contributed by atoms with Crippen molar-refractivity contribution in [2.24, 2.45) is 0 Å². The molecule has 1 nitrogen and oxygen atoms in total. The van der Waals surface area contributed by atoms with Crippen LogP contribution in [-0.4, -0.2) is 5.11 Å². The van der Waals surface area contributed by atoms with Crippen LogP contribution in [0, 0.1) is 9.39 Å². The van der Waals surface area contributed by atoms with Crippen LogP contribution in [0.1, 0.15) is 0 Å². The van der Waals surface area contributed by atoms with Crippen LogP contribution in [0.15, 0.2) is 18.2 Å². The van der Waals surface area contributed by atoms with Crippen molar-refractivity contribution in [2.75, 3.05) is 0 Å². The summed E-state index contributed by atoms with van der Waals surface area (Å²) in [6.07, 6.45) is 0. The first-order valence-corrected chi connectivity index (χ1v) is 3.42. The minimum absolute atomic E-state index is 0.00407. The Morgan fingerprint density at radius 2 is 2.11 bits per heavy atom. The average molecular weight is 238 g/mol. The molecule has 0 heterocycles. The highest BCUT2D eigenvalue weighted by Gasteiger charge is 1.96. The van der Waals surface area contributed by atoms with Gasteiger partial charge >= 0.3 is 0 Å². The Labute approximate surface area is 65.7 Å². The monoisotopic (exact) mass is 238 g/mol. The minimum Gasteiger partial charge on any atom is -0.507 e. The number of rotatable bonds is 0. The Kier molecular flexibility index (Phi) is 1.90. The third kappa shape index (κ3) is 1.54. The molecule has 0 atom stereocenters. The van der Waals surface area contributed by atoms with Crippen molar-refractivity contribution >= 4 is 22.6 Å². The first-order chi connectivity index (χ1) is 4.20. The average Bonchev–Trinajstić information content (AvgIpc) is 1.80. The lowest BCUT2D eigenvalue weighted by molar-refractivity contribution is 0.465. The van der Waals surface area contributed by atoms with E-state index in [2.05, 4.69) is 0 Å². The van der Waals surface area contributed by atoms with Gasteiger partial charge in [-0.05, 0) is 34.7 Å². The molecule has 48 valence electrons. The van der Waals surface area contributed by atoms with Crippen molar-refractivity contribution in [3.05, 3.63) is 27.6 Å². The zero-order valence-corrected chi connectivity index (χ0v) is 6.59. The summed E-state index contributed by atoms with van der Waals surface area (Å²) in [4.78, 5) is 0. The lowest BCUT2D eigenvalue weighted by Crippen LogP contribution is -1.75. The molecule has 0 bridgehead atoms. The lowest BCUT2D eigenvalue weighted by Gasteiger charge is -1.93. The van der Waals surface area contributed by atoms with Crippen LogP contribution in [-0.2, 0) is 0 Å². The van der Waals surface area contributed by atoms with Crippen molar-refractivity contribution in [3.63, 3.8) is 0 Å². The van der Waals surface area contributed by atoms with Crippen LogP contribution in [0.5, 0.6) is 5.75 Å². The molecule has 0 aliphatic carbocycles. The maximum absolute atomic E-state index is 12.2. The van der Waals surface area contributed by atoms with Crippen molar-refractivity contribution in [1.29, 1.82) is 0 Å². The number of halogens is 2. The van der Waals surface area contributed by atoms with E-state index in [4.69, 9.17) is 5.11 Å². The number of aromatic hydroxyl groups is 1. The fraction of sp³-hybridized carbons (Fsp3) is 0. The van der Waals surface area contributed by atoms with E-state index in [0.29, 0.717) is 3.57 Å². The standard InChI is InChI=1S/C6H4FIO/c7-4-1-2-5(8)6(9)3-4/h1-3,9H. The Bertz CT molecular complexity index is 224. The van der Waals surface area contributed by atoms with Crippen molar-refractivity contribution < 1.29 is 9.50 Å². The van der Waals surface area contributed by atoms with E-state index in [9.17, 15) is 4.39 Å². The first-order valence-electron chi connectivity index (χ1n) is 2.34. The van der Waals surface area contributed by atoms with E-state index in [1.54, 1.807) is 0 Å². The molecule has 0 unspecified atom stereocenters. The fourth-order valence-electron chi connectivity index (χ4n) is 0.486. The van der Waals surface area contributed by atoms with Gasteiger partial charge in [-0.25, -0.2) is 4.39 Å². The molecule has 0 saturated carbocycles. The van der Waals surface area contributed by atoms with Crippen LogP contribution in [0.3, 0.4) is 0 Å². The first kappa shape index (κ1) is 6.80. The van der Waals surface area contributed by atoms with Crippen LogP contribution in [0.4, 0.5) is 4.39 Å². The topological polar surface area (TPSA) is 20.2 Å². The highest BCUT2D eigenvalue weighted by Crippen LogP contribution is 2.18. The second kappa shape index (κ2) is 2.51. The highest BCUT2D eigenvalue weighted by molar-refractivity contribution is 14.1. The lowest BCUT2D eigenvalue weighted by atomic mass is 10.3. The maximum atomic E-state index is 12.2. The molecule has 0 fully saturated rings.